The Labute approximate surface area is 170 Å². The molecule has 2 N–H and O–H groups in total. The van der Waals surface area contributed by atoms with Crippen molar-refractivity contribution >= 4 is 35.3 Å². The number of nitrogens with zero attached hydrogens (tertiary/aromatic N) is 2. The van der Waals surface area contributed by atoms with Crippen LogP contribution in [0.2, 0.25) is 0 Å². The minimum Gasteiger partial charge on any atom is -1.00 e. The molecule has 6 nitrogen and oxygen atoms in total. The number of esters is 1. The van der Waals surface area contributed by atoms with Crippen LogP contribution in [0, 0.1) is 5.92 Å². The molecule has 1 aromatic rings. The van der Waals surface area contributed by atoms with E-state index in [-0.39, 0.29) is 34.6 Å². The van der Waals surface area contributed by atoms with E-state index in [1.165, 1.54) is 4.58 Å². The molecule has 2 atom stereocenters. The van der Waals surface area contributed by atoms with Gasteiger partial charge in [-0.3, -0.25) is 0 Å². The predicted molar refractivity (Wildman–Crippen MR) is 103 cm³/mol. The third kappa shape index (κ3) is 3.55. The number of halogens is 1. The minimum atomic E-state index is -0.406. The fourth-order valence-electron chi connectivity index (χ4n) is 3.68. The molecule has 0 aliphatic carbocycles. The molecule has 0 spiro atoms. The molecule has 0 radical (unpaired) electrons. The van der Waals surface area contributed by atoms with Gasteiger partial charge >= 0.3 is 12.0 Å². The van der Waals surface area contributed by atoms with E-state index in [1.54, 1.807) is 43.0 Å². The number of fused-ring (bicyclic) bond motifs is 1. The number of carbonyl (C=O) groups excluding carboxylic acids is 2. The van der Waals surface area contributed by atoms with E-state index >= 15 is 0 Å². The molecule has 8 heteroatoms. The van der Waals surface area contributed by atoms with Crippen LogP contribution in [0.4, 0.5) is 10.5 Å². The average molecular weight is 412 g/mol. The van der Waals surface area contributed by atoms with Crippen molar-refractivity contribution in [2.45, 2.75) is 50.8 Å². The van der Waals surface area contributed by atoms with Gasteiger partial charge in [-0.25, -0.2) is 14.5 Å². The number of rotatable bonds is 4. The number of carbonyl (C=O) groups is 2. The Kier molecular flexibility index (Phi) is 6.16. The Morgan fingerprint density at radius 3 is 2.67 bits per heavy atom. The largest absolute Gasteiger partial charge is 1.00 e. The Hall–Kier alpha value is -1.73. The average Bonchev–Trinajstić information content (AvgIpc) is 3.01. The Bertz CT molecular complexity index is 794. The van der Waals surface area contributed by atoms with Crippen LogP contribution in [-0.2, 0) is 4.74 Å². The van der Waals surface area contributed by atoms with Gasteiger partial charge in [0.2, 0.25) is 5.84 Å². The van der Waals surface area contributed by atoms with Crippen molar-refractivity contribution in [3.63, 3.8) is 0 Å². The summed E-state index contributed by atoms with van der Waals surface area (Å²) in [7, 11) is 0. The number of amides is 2. The van der Waals surface area contributed by atoms with Crippen LogP contribution in [0.5, 0.6) is 0 Å². The number of thioether (sulfide) groups is 1. The number of benzene rings is 1. The number of hydrogen-bond acceptors (Lipinski definition) is 5. The van der Waals surface area contributed by atoms with E-state index in [1.807, 2.05) is 4.90 Å². The van der Waals surface area contributed by atoms with E-state index in [2.05, 4.69) is 27.7 Å². The van der Waals surface area contributed by atoms with Crippen molar-refractivity contribution in [2.24, 2.45) is 11.7 Å². The number of urea groups is 1. The maximum Gasteiger partial charge on any atom is 0.445 e. The third-order valence-corrected chi connectivity index (χ3v) is 6.62. The van der Waals surface area contributed by atoms with Crippen LogP contribution in [0.15, 0.2) is 24.3 Å². The third-order valence-electron chi connectivity index (χ3n) is 4.77. The number of hydrogen-bond donors (Lipinski definition) is 1. The lowest BCUT2D eigenvalue weighted by Crippen LogP contribution is -3.00. The topological polar surface area (TPSA) is 75.6 Å². The summed E-state index contributed by atoms with van der Waals surface area (Å²) in [6.45, 7) is 10.5. The second kappa shape index (κ2) is 7.72. The minimum absolute atomic E-state index is 0. The molecule has 148 valence electrons. The van der Waals surface area contributed by atoms with Crippen molar-refractivity contribution in [1.29, 1.82) is 0 Å². The maximum absolute atomic E-state index is 13.2. The number of ether oxygens (including phenoxy) is 1. The normalized spacial score (nSPS) is 23.5. The lowest BCUT2D eigenvalue weighted by atomic mass is 10.0. The van der Waals surface area contributed by atoms with Crippen LogP contribution in [0.1, 0.15) is 45.0 Å². The van der Waals surface area contributed by atoms with Crippen LogP contribution < -0.4 is 18.1 Å². The molecule has 2 unspecified atom stereocenters. The van der Waals surface area contributed by atoms with Gasteiger partial charge in [0.05, 0.1) is 16.9 Å². The fourth-order valence-corrected chi connectivity index (χ4v) is 5.27. The first-order chi connectivity index (χ1) is 12.2. The highest BCUT2D eigenvalue weighted by atomic mass is 35.5. The quantitative estimate of drug-likeness (QED) is 0.565. The monoisotopic (exact) mass is 411 g/mol. The van der Waals surface area contributed by atoms with Crippen LogP contribution in [0.25, 0.3) is 0 Å². The van der Waals surface area contributed by atoms with Gasteiger partial charge in [-0.05, 0) is 44.9 Å². The summed E-state index contributed by atoms with van der Waals surface area (Å²) >= 11 is 1.79. The number of nitrogens with two attached hydrogens (primary N) is 1. The van der Waals surface area contributed by atoms with Crippen molar-refractivity contribution in [2.75, 3.05) is 6.61 Å². The second-order valence-electron chi connectivity index (χ2n) is 7.48. The molecular formula is C19H26ClN3O3S. The molecule has 1 saturated heterocycles. The molecule has 0 bridgehead atoms. The van der Waals surface area contributed by atoms with Crippen LogP contribution >= 0.6 is 11.8 Å². The molecule has 27 heavy (non-hydrogen) atoms. The first-order valence-corrected chi connectivity index (χ1v) is 9.76. The van der Waals surface area contributed by atoms with Crippen molar-refractivity contribution in [3.8, 4) is 0 Å². The zero-order valence-corrected chi connectivity index (χ0v) is 17.8. The van der Waals surface area contributed by atoms with E-state index in [9.17, 15) is 9.59 Å². The van der Waals surface area contributed by atoms with E-state index in [0.717, 1.165) is 0 Å². The summed E-state index contributed by atoms with van der Waals surface area (Å²) in [5.41, 5.74) is 7.46. The first kappa shape index (κ1) is 21.6. The highest BCUT2D eigenvalue weighted by Gasteiger charge is 2.62. The predicted octanol–water partition coefficient (Wildman–Crippen LogP) is 0.180. The van der Waals surface area contributed by atoms with Gasteiger partial charge in [-0.1, -0.05) is 19.9 Å². The highest BCUT2D eigenvalue weighted by molar-refractivity contribution is 8.01. The Balaban J connectivity index is 0.00000261. The van der Waals surface area contributed by atoms with Crippen molar-refractivity contribution in [3.05, 3.63) is 29.8 Å². The maximum atomic E-state index is 13.2. The molecular weight excluding hydrogens is 386 g/mol. The molecule has 1 aromatic carbocycles. The zero-order chi connectivity index (χ0) is 19.2. The standard InChI is InChI=1S/C19H25N3O3S.ClH/c1-6-25-17(23)12-8-7-9-13(10-12)21-15(20)14-19(4,5)26-16(11(2)3)22(14)18(21)24;/h7-11,14,16,20H,6H2,1-5H3;1H. The highest BCUT2D eigenvalue weighted by Crippen LogP contribution is 2.49. The summed E-state index contributed by atoms with van der Waals surface area (Å²) in [6.07, 6.45) is 0. The van der Waals surface area contributed by atoms with Crippen LogP contribution in [0.3, 0.4) is 0 Å². The molecule has 0 aromatic heterocycles. The zero-order valence-electron chi connectivity index (χ0n) is 16.2. The molecule has 2 aliphatic rings. The van der Waals surface area contributed by atoms with Crippen molar-refractivity contribution in [1.82, 2.24) is 4.90 Å². The van der Waals surface area contributed by atoms with Gasteiger partial charge in [-0.2, -0.15) is 4.58 Å². The van der Waals surface area contributed by atoms with Crippen molar-refractivity contribution < 1.29 is 31.3 Å². The lowest BCUT2D eigenvalue weighted by molar-refractivity contribution is -0.333. The SMILES string of the molecule is CCOC(=O)c1cccc([N+]2=C(N)C3N(C2=O)C(C(C)C)SC3(C)C)c1.[Cl-]. The van der Waals surface area contributed by atoms with E-state index in [0.29, 0.717) is 29.6 Å². The molecule has 2 amide bonds. The van der Waals surface area contributed by atoms with E-state index < -0.39 is 5.97 Å². The summed E-state index contributed by atoms with van der Waals surface area (Å²) in [5.74, 6) is 0.416. The summed E-state index contributed by atoms with van der Waals surface area (Å²) < 4.78 is 6.41. The van der Waals surface area contributed by atoms with Gasteiger partial charge < -0.3 is 22.9 Å². The summed E-state index contributed by atoms with van der Waals surface area (Å²) in [4.78, 5) is 27.2. The van der Waals surface area contributed by atoms with Gasteiger partial charge in [0, 0.05) is 0 Å². The molecule has 2 heterocycles. The Morgan fingerprint density at radius 2 is 2.07 bits per heavy atom. The van der Waals surface area contributed by atoms with E-state index in [4.69, 9.17) is 10.5 Å². The fraction of sp³-hybridized carbons (Fsp3) is 0.526. The van der Waals surface area contributed by atoms with Crippen LogP contribution in [-0.4, -0.2) is 50.1 Å². The molecule has 3 rings (SSSR count). The lowest BCUT2D eigenvalue weighted by Gasteiger charge is -2.20. The summed E-state index contributed by atoms with van der Waals surface area (Å²) in [6, 6.07) is 6.57. The molecule has 0 saturated carbocycles. The molecule has 2 aliphatic heterocycles. The van der Waals surface area contributed by atoms with Gasteiger partial charge in [0.25, 0.3) is 0 Å². The smallest absolute Gasteiger partial charge is 0.445 e. The Morgan fingerprint density at radius 1 is 1.41 bits per heavy atom. The second-order valence-corrected chi connectivity index (χ2v) is 9.25. The summed E-state index contributed by atoms with van der Waals surface area (Å²) in [5, 5.41) is 0.0688. The first-order valence-electron chi connectivity index (χ1n) is 8.88. The molecule has 1 fully saturated rings. The number of amidine groups is 1. The van der Waals surface area contributed by atoms with Gasteiger partial charge in [0.15, 0.2) is 6.04 Å². The van der Waals surface area contributed by atoms with Gasteiger partial charge in [0.1, 0.15) is 11.1 Å². The van der Waals surface area contributed by atoms with Gasteiger partial charge in [-0.15, -0.1) is 11.8 Å².